The highest BCUT2D eigenvalue weighted by Gasteiger charge is 2.47. The fraction of sp³-hybridized carbons (Fsp3) is 1.00. The molecule has 0 fully saturated rings. The molecular weight excluding hydrogens is 208 g/mol. The molecule has 0 aromatic rings. The SMILES string of the molecule is CCC(C)(C)[SiH](C(C)(C)CC)C(C)(C)CC. The maximum atomic E-state index is 2.51. The zero-order chi connectivity index (χ0) is 13.2. The molecule has 0 rings (SSSR count). The van der Waals surface area contributed by atoms with Crippen LogP contribution in [0.25, 0.3) is 0 Å². The third-order valence-corrected chi connectivity index (χ3v) is 11.0. The van der Waals surface area contributed by atoms with Crippen LogP contribution in [0.4, 0.5) is 0 Å². The lowest BCUT2D eigenvalue weighted by molar-refractivity contribution is 0.482. The van der Waals surface area contributed by atoms with E-state index in [1.165, 1.54) is 19.3 Å². The van der Waals surface area contributed by atoms with E-state index in [0.29, 0.717) is 15.1 Å². The van der Waals surface area contributed by atoms with Crippen LogP contribution in [0.15, 0.2) is 0 Å². The van der Waals surface area contributed by atoms with E-state index in [4.69, 9.17) is 0 Å². The fourth-order valence-corrected chi connectivity index (χ4v) is 11.4. The Labute approximate surface area is 106 Å². The first kappa shape index (κ1) is 16.2. The van der Waals surface area contributed by atoms with E-state index in [0.717, 1.165) is 0 Å². The Morgan fingerprint density at radius 2 is 0.750 bits per heavy atom. The summed E-state index contributed by atoms with van der Waals surface area (Å²) in [6.45, 7) is 22.2. The van der Waals surface area contributed by atoms with Crippen LogP contribution < -0.4 is 0 Å². The van der Waals surface area contributed by atoms with Gasteiger partial charge in [0.2, 0.25) is 0 Å². The minimum atomic E-state index is -0.861. The molecule has 0 aliphatic heterocycles. The van der Waals surface area contributed by atoms with Gasteiger partial charge in [-0.25, -0.2) is 0 Å². The van der Waals surface area contributed by atoms with E-state index < -0.39 is 8.80 Å². The van der Waals surface area contributed by atoms with Crippen molar-refractivity contribution < 1.29 is 0 Å². The highest BCUT2D eigenvalue weighted by molar-refractivity contribution is 6.68. The summed E-state index contributed by atoms with van der Waals surface area (Å²) in [4.78, 5) is 0. The summed E-state index contributed by atoms with van der Waals surface area (Å²) in [6.07, 6.45) is 3.99. The molecule has 0 aromatic heterocycles. The molecule has 0 spiro atoms. The standard InChI is InChI=1S/C15H34Si/c1-10-13(4,5)16(14(6,7)11-2)15(8,9)12-3/h16H,10-12H2,1-9H3. The molecule has 0 heterocycles. The topological polar surface area (TPSA) is 0 Å². The van der Waals surface area contributed by atoms with Gasteiger partial charge in [0.05, 0.1) is 8.80 Å². The Bertz CT molecular complexity index is 175. The highest BCUT2D eigenvalue weighted by atomic mass is 28.3. The molecule has 16 heavy (non-hydrogen) atoms. The van der Waals surface area contributed by atoms with E-state index in [9.17, 15) is 0 Å². The van der Waals surface area contributed by atoms with Gasteiger partial charge < -0.3 is 0 Å². The van der Waals surface area contributed by atoms with E-state index >= 15 is 0 Å². The predicted octanol–water partition coefficient (Wildman–Crippen LogP) is 5.78. The summed E-state index contributed by atoms with van der Waals surface area (Å²) < 4.78 is 0. The molecule has 0 saturated carbocycles. The van der Waals surface area contributed by atoms with Gasteiger partial charge in [-0.05, 0) is 15.1 Å². The third kappa shape index (κ3) is 3.35. The van der Waals surface area contributed by atoms with Crippen molar-refractivity contribution in [3.05, 3.63) is 0 Å². The Morgan fingerprint density at radius 3 is 0.875 bits per heavy atom. The van der Waals surface area contributed by atoms with Gasteiger partial charge >= 0.3 is 0 Å². The maximum absolute atomic E-state index is 2.51. The van der Waals surface area contributed by atoms with Crippen LogP contribution in [0.2, 0.25) is 15.1 Å². The quantitative estimate of drug-likeness (QED) is 0.518. The van der Waals surface area contributed by atoms with Crippen molar-refractivity contribution in [1.29, 1.82) is 0 Å². The first-order chi connectivity index (χ1) is 7.05. The molecule has 0 unspecified atom stereocenters. The van der Waals surface area contributed by atoms with Crippen molar-refractivity contribution in [2.45, 2.75) is 96.7 Å². The highest BCUT2D eigenvalue weighted by Crippen LogP contribution is 2.57. The molecule has 0 N–H and O–H groups in total. The minimum absolute atomic E-state index is 0.568. The molecule has 0 atom stereocenters. The largest absolute Gasteiger partial charge is 0.0652 e. The molecule has 0 aromatic carbocycles. The van der Waals surface area contributed by atoms with Crippen LogP contribution in [-0.2, 0) is 0 Å². The molecule has 0 amide bonds. The first-order valence-corrected chi connectivity index (χ1v) is 8.78. The van der Waals surface area contributed by atoms with E-state index in [-0.39, 0.29) is 0 Å². The predicted molar refractivity (Wildman–Crippen MR) is 80.1 cm³/mol. The molecule has 0 saturated heterocycles. The number of rotatable bonds is 6. The second-order valence-electron chi connectivity index (χ2n) is 7.46. The molecule has 0 radical (unpaired) electrons. The van der Waals surface area contributed by atoms with E-state index in [1.54, 1.807) is 0 Å². The number of hydrogen-bond acceptors (Lipinski definition) is 0. The van der Waals surface area contributed by atoms with Gasteiger partial charge in [-0.3, -0.25) is 0 Å². The van der Waals surface area contributed by atoms with Gasteiger partial charge in [0.1, 0.15) is 0 Å². The van der Waals surface area contributed by atoms with Crippen LogP contribution in [0.3, 0.4) is 0 Å². The average molecular weight is 243 g/mol. The Kier molecular flexibility index (Phi) is 5.32. The summed E-state index contributed by atoms with van der Waals surface area (Å²) in [6, 6.07) is 0. The second kappa shape index (κ2) is 5.24. The summed E-state index contributed by atoms with van der Waals surface area (Å²) in [5.74, 6) is 0. The normalized spacial score (nSPS) is 14.6. The average Bonchev–Trinajstić information content (AvgIpc) is 2.16. The molecular formula is C15H34Si. The molecule has 0 bridgehead atoms. The van der Waals surface area contributed by atoms with Crippen LogP contribution in [0.1, 0.15) is 81.6 Å². The summed E-state index contributed by atoms with van der Waals surface area (Å²) in [5.41, 5.74) is 0. The lowest BCUT2D eigenvalue weighted by atomic mass is 10.1. The van der Waals surface area contributed by atoms with Gasteiger partial charge in [-0.1, -0.05) is 81.6 Å². The van der Waals surface area contributed by atoms with Crippen LogP contribution in [0.5, 0.6) is 0 Å². The summed E-state index contributed by atoms with van der Waals surface area (Å²) in [5, 5.41) is 1.71. The van der Waals surface area contributed by atoms with E-state index in [1.807, 2.05) is 0 Å². The first-order valence-electron chi connectivity index (χ1n) is 7.05. The Morgan fingerprint density at radius 1 is 0.562 bits per heavy atom. The molecule has 0 aliphatic carbocycles. The molecule has 1 heteroatoms. The third-order valence-electron chi connectivity index (χ3n) is 5.08. The lowest BCUT2D eigenvalue weighted by Gasteiger charge is -2.51. The van der Waals surface area contributed by atoms with Crippen molar-refractivity contribution >= 4 is 8.80 Å². The zero-order valence-corrected chi connectivity index (χ0v) is 14.4. The van der Waals surface area contributed by atoms with Crippen molar-refractivity contribution in [2.24, 2.45) is 0 Å². The Hall–Kier alpha value is 0.217. The molecule has 0 nitrogen and oxygen atoms in total. The van der Waals surface area contributed by atoms with Crippen molar-refractivity contribution in [3.63, 3.8) is 0 Å². The van der Waals surface area contributed by atoms with Crippen molar-refractivity contribution in [3.8, 4) is 0 Å². The minimum Gasteiger partial charge on any atom is -0.0652 e. The van der Waals surface area contributed by atoms with Gasteiger partial charge in [0.15, 0.2) is 0 Å². The van der Waals surface area contributed by atoms with Gasteiger partial charge in [-0.2, -0.15) is 0 Å². The summed E-state index contributed by atoms with van der Waals surface area (Å²) in [7, 11) is -0.861. The van der Waals surface area contributed by atoms with Gasteiger partial charge in [0.25, 0.3) is 0 Å². The Balaban J connectivity index is 5.40. The molecule has 0 aliphatic rings. The van der Waals surface area contributed by atoms with Crippen molar-refractivity contribution in [1.82, 2.24) is 0 Å². The summed E-state index contributed by atoms with van der Waals surface area (Å²) >= 11 is 0. The zero-order valence-electron chi connectivity index (χ0n) is 13.2. The number of hydrogen-bond donors (Lipinski definition) is 0. The van der Waals surface area contributed by atoms with Crippen LogP contribution in [-0.4, -0.2) is 8.80 Å². The van der Waals surface area contributed by atoms with Crippen LogP contribution in [0, 0.1) is 0 Å². The van der Waals surface area contributed by atoms with Crippen molar-refractivity contribution in [2.75, 3.05) is 0 Å². The smallest absolute Gasteiger partial charge is 0.0539 e. The van der Waals surface area contributed by atoms with E-state index in [2.05, 4.69) is 62.3 Å². The second-order valence-corrected chi connectivity index (χ2v) is 13.0. The fourth-order valence-electron chi connectivity index (χ4n) is 3.79. The lowest BCUT2D eigenvalue weighted by Crippen LogP contribution is -2.45. The monoisotopic (exact) mass is 242 g/mol. The van der Waals surface area contributed by atoms with Gasteiger partial charge in [-0.15, -0.1) is 0 Å². The molecule has 98 valence electrons. The van der Waals surface area contributed by atoms with Gasteiger partial charge in [0, 0.05) is 0 Å². The maximum Gasteiger partial charge on any atom is 0.0539 e. The van der Waals surface area contributed by atoms with Crippen LogP contribution >= 0.6 is 0 Å².